The van der Waals surface area contributed by atoms with Gasteiger partial charge < -0.3 is 28.4 Å². The summed E-state index contributed by atoms with van der Waals surface area (Å²) in [5.74, 6) is -1.03. The van der Waals surface area contributed by atoms with E-state index in [1.165, 1.54) is 7.11 Å². The van der Waals surface area contributed by atoms with E-state index >= 15 is 0 Å². The van der Waals surface area contributed by atoms with E-state index in [9.17, 15) is 4.79 Å². The van der Waals surface area contributed by atoms with Crippen molar-refractivity contribution in [3.63, 3.8) is 0 Å². The first-order chi connectivity index (χ1) is 14.7. The summed E-state index contributed by atoms with van der Waals surface area (Å²) in [5.41, 5.74) is -0.447. The molecule has 9 heteroatoms. The standard InChI is InChI=1S/C22H30ClIO7/c1-11(24)8-12(23)6-7-22-10-21(2)20(31-22)19-18(29-21)17(30-22)16-14(28-19)5-4-13(27-16)9-15(25)26-3/h12-14,16-20H,1,4-10H2,2-3H3/t12-,13-,14+,16+,17?,18?,19?,20+,21+,22-/m1/s1. The Balaban J connectivity index is 1.36. The number of carbonyl (C=O) groups excluding carboxylic acids is 1. The van der Waals surface area contributed by atoms with Crippen molar-refractivity contribution in [3.8, 4) is 0 Å². The van der Waals surface area contributed by atoms with Crippen molar-refractivity contribution >= 4 is 40.2 Å². The van der Waals surface area contributed by atoms with Crippen LogP contribution in [0.5, 0.6) is 0 Å². The molecule has 6 fully saturated rings. The number of fused-ring (bicyclic) bond motifs is 1. The number of allylic oxidation sites excluding steroid dienone is 1. The zero-order valence-corrected chi connectivity index (χ0v) is 20.8. The van der Waals surface area contributed by atoms with Gasteiger partial charge in [0.05, 0.1) is 25.7 Å². The number of ether oxygens (including phenoxy) is 6. The van der Waals surface area contributed by atoms with Gasteiger partial charge in [-0.05, 0) is 58.8 Å². The zero-order chi connectivity index (χ0) is 22.0. The van der Waals surface area contributed by atoms with Crippen LogP contribution in [0.3, 0.4) is 0 Å². The summed E-state index contributed by atoms with van der Waals surface area (Å²) in [5, 5.41) is -0.0178. The lowest BCUT2D eigenvalue weighted by atomic mass is 9.84. The topological polar surface area (TPSA) is 72.5 Å². The Bertz CT molecular complexity index is 751. The van der Waals surface area contributed by atoms with Gasteiger partial charge in [-0.3, -0.25) is 4.79 Å². The summed E-state index contributed by atoms with van der Waals surface area (Å²) in [6.45, 7) is 6.06. The second-order valence-electron chi connectivity index (χ2n) is 9.68. The molecule has 0 N–H and O–H groups in total. The van der Waals surface area contributed by atoms with E-state index < -0.39 is 11.4 Å². The van der Waals surface area contributed by atoms with Gasteiger partial charge in [-0.1, -0.05) is 6.58 Å². The molecule has 0 amide bonds. The first-order valence-electron chi connectivity index (χ1n) is 11.1. The Kier molecular flexibility index (Phi) is 6.15. The summed E-state index contributed by atoms with van der Waals surface area (Å²) in [6, 6.07) is 0. The molecular formula is C22H30ClIO7. The molecular weight excluding hydrogens is 539 g/mol. The third-order valence-corrected chi connectivity index (χ3v) is 8.13. The van der Waals surface area contributed by atoms with Gasteiger partial charge in [0, 0.05) is 18.2 Å². The number of alkyl halides is 1. The quantitative estimate of drug-likeness (QED) is 0.264. The Morgan fingerprint density at radius 3 is 2.71 bits per heavy atom. The van der Waals surface area contributed by atoms with Crippen molar-refractivity contribution in [2.45, 2.75) is 111 Å². The number of rotatable bonds is 7. The largest absolute Gasteiger partial charge is 0.469 e. The summed E-state index contributed by atoms with van der Waals surface area (Å²) < 4.78 is 38.5. The van der Waals surface area contributed by atoms with Crippen LogP contribution >= 0.6 is 34.2 Å². The normalized spacial score (nSPS) is 48.2. The lowest BCUT2D eigenvalue weighted by Gasteiger charge is -2.47. The van der Waals surface area contributed by atoms with E-state index in [0.29, 0.717) is 12.8 Å². The zero-order valence-electron chi connectivity index (χ0n) is 17.9. The third-order valence-electron chi connectivity index (χ3n) is 7.31. The average Bonchev–Trinajstić information content (AvgIpc) is 3.04. The number of esters is 1. The number of hydrogen-bond acceptors (Lipinski definition) is 7. The van der Waals surface area contributed by atoms with E-state index in [2.05, 4.69) is 36.1 Å². The first kappa shape index (κ1) is 22.8. The summed E-state index contributed by atoms with van der Waals surface area (Å²) in [4.78, 5) is 11.8. The highest BCUT2D eigenvalue weighted by Crippen LogP contribution is 2.58. The molecule has 0 aromatic carbocycles. The van der Waals surface area contributed by atoms with Crippen LogP contribution in [-0.4, -0.2) is 72.6 Å². The molecule has 0 aromatic heterocycles. The Labute approximate surface area is 201 Å². The Morgan fingerprint density at radius 2 is 1.97 bits per heavy atom. The summed E-state index contributed by atoms with van der Waals surface area (Å²) in [7, 11) is 1.40. The van der Waals surface area contributed by atoms with Crippen LogP contribution in [0, 0.1) is 0 Å². The van der Waals surface area contributed by atoms with Gasteiger partial charge in [0.25, 0.3) is 0 Å². The lowest BCUT2D eigenvalue weighted by molar-refractivity contribution is -0.293. The van der Waals surface area contributed by atoms with E-state index in [1.54, 1.807) is 0 Å². The number of carbonyl (C=O) groups is 1. The van der Waals surface area contributed by atoms with E-state index in [0.717, 1.165) is 29.3 Å². The molecule has 6 bridgehead atoms. The minimum atomic E-state index is -0.760. The van der Waals surface area contributed by atoms with E-state index in [-0.39, 0.29) is 60.5 Å². The van der Waals surface area contributed by atoms with Crippen LogP contribution < -0.4 is 0 Å². The second-order valence-corrected chi connectivity index (χ2v) is 11.8. The fourth-order valence-corrected chi connectivity index (χ4v) is 7.11. The second kappa shape index (κ2) is 8.36. The van der Waals surface area contributed by atoms with Crippen LogP contribution in [0.2, 0.25) is 0 Å². The highest BCUT2D eigenvalue weighted by Gasteiger charge is 2.72. The van der Waals surface area contributed by atoms with Gasteiger partial charge in [0.2, 0.25) is 0 Å². The molecule has 0 radical (unpaired) electrons. The van der Waals surface area contributed by atoms with Gasteiger partial charge in [0.1, 0.15) is 36.1 Å². The molecule has 10 atom stereocenters. The molecule has 31 heavy (non-hydrogen) atoms. The van der Waals surface area contributed by atoms with Crippen molar-refractivity contribution in [2.75, 3.05) is 7.11 Å². The smallest absolute Gasteiger partial charge is 0.308 e. The maximum absolute atomic E-state index is 11.8. The van der Waals surface area contributed by atoms with E-state index in [4.69, 9.17) is 40.0 Å². The highest BCUT2D eigenvalue weighted by atomic mass is 127. The molecule has 174 valence electrons. The van der Waals surface area contributed by atoms with Gasteiger partial charge in [-0.25, -0.2) is 0 Å². The molecule has 6 aliphatic rings. The Morgan fingerprint density at radius 1 is 1.19 bits per heavy atom. The van der Waals surface area contributed by atoms with Crippen LogP contribution in [-0.2, 0) is 33.2 Å². The number of methoxy groups -OCH3 is 1. The Hall–Kier alpha value is 0.0300. The van der Waals surface area contributed by atoms with Crippen LogP contribution in [0.25, 0.3) is 0 Å². The van der Waals surface area contributed by atoms with Crippen molar-refractivity contribution in [1.29, 1.82) is 0 Å². The van der Waals surface area contributed by atoms with Crippen LogP contribution in [0.15, 0.2) is 10.2 Å². The molecule has 6 rings (SSSR count). The van der Waals surface area contributed by atoms with Crippen molar-refractivity contribution in [3.05, 3.63) is 10.2 Å². The third kappa shape index (κ3) is 4.08. The van der Waals surface area contributed by atoms with Gasteiger partial charge in [0.15, 0.2) is 5.79 Å². The van der Waals surface area contributed by atoms with Gasteiger partial charge in [-0.15, -0.1) is 11.6 Å². The minimum absolute atomic E-state index is 0.0178. The van der Waals surface area contributed by atoms with Crippen LogP contribution in [0.1, 0.15) is 51.9 Å². The molecule has 0 aliphatic carbocycles. The maximum Gasteiger partial charge on any atom is 0.308 e. The fraction of sp³-hybridized carbons (Fsp3) is 0.864. The van der Waals surface area contributed by atoms with Gasteiger partial charge in [-0.2, -0.15) is 0 Å². The van der Waals surface area contributed by atoms with Crippen LogP contribution in [0.4, 0.5) is 0 Å². The maximum atomic E-state index is 11.8. The summed E-state index contributed by atoms with van der Waals surface area (Å²) in [6.07, 6.45) is 3.19. The lowest BCUT2D eigenvalue weighted by Crippen LogP contribution is -2.61. The minimum Gasteiger partial charge on any atom is -0.469 e. The summed E-state index contributed by atoms with van der Waals surface area (Å²) >= 11 is 8.77. The van der Waals surface area contributed by atoms with Crippen molar-refractivity contribution in [2.24, 2.45) is 0 Å². The highest BCUT2D eigenvalue weighted by molar-refractivity contribution is 14.1. The number of halogens is 2. The van der Waals surface area contributed by atoms with Crippen molar-refractivity contribution < 1.29 is 33.2 Å². The SMILES string of the molecule is C=C(I)C[C@H](Cl)CC[C@@]12C[C@]3(C)OC4C(O1)[C@H]1O[C@@H](CC(=O)OC)CC[C@@H]1OC4[C@@H]3O2. The first-order valence-corrected chi connectivity index (χ1v) is 12.6. The molecule has 0 saturated carbocycles. The molecule has 6 aliphatic heterocycles. The van der Waals surface area contributed by atoms with Gasteiger partial charge >= 0.3 is 5.97 Å². The molecule has 3 unspecified atom stereocenters. The molecule has 0 spiro atoms. The van der Waals surface area contributed by atoms with E-state index in [1.807, 2.05) is 0 Å². The monoisotopic (exact) mass is 568 g/mol. The number of hydrogen-bond donors (Lipinski definition) is 0. The molecule has 6 heterocycles. The fourth-order valence-electron chi connectivity index (χ4n) is 6.02. The predicted molar refractivity (Wildman–Crippen MR) is 120 cm³/mol. The average molecular weight is 569 g/mol. The molecule has 7 nitrogen and oxygen atoms in total. The molecule has 0 aromatic rings. The molecule has 6 saturated heterocycles. The van der Waals surface area contributed by atoms with Crippen molar-refractivity contribution in [1.82, 2.24) is 0 Å². The predicted octanol–water partition coefficient (Wildman–Crippen LogP) is 3.63.